The highest BCUT2D eigenvalue weighted by atomic mass is 32.2. The van der Waals surface area contributed by atoms with Crippen molar-refractivity contribution in [2.45, 2.75) is 18.7 Å². The number of morpholine rings is 1. The van der Waals surface area contributed by atoms with Crippen LogP contribution in [0, 0.1) is 6.92 Å². The third-order valence-corrected chi connectivity index (χ3v) is 5.46. The summed E-state index contributed by atoms with van der Waals surface area (Å²) in [5, 5.41) is 0. The number of aryl methyl sites for hydroxylation is 1. The van der Waals surface area contributed by atoms with Crippen LogP contribution < -0.4 is 0 Å². The van der Waals surface area contributed by atoms with E-state index in [2.05, 4.69) is 4.40 Å². The van der Waals surface area contributed by atoms with Crippen LogP contribution in [0.15, 0.2) is 57.0 Å². The summed E-state index contributed by atoms with van der Waals surface area (Å²) in [6.07, 6.45) is 3.06. The summed E-state index contributed by atoms with van der Waals surface area (Å²) in [4.78, 5) is 14.5. The molecule has 1 aliphatic heterocycles. The Hall–Kier alpha value is -2.25. The molecule has 1 saturated heterocycles. The average molecular weight is 360 g/mol. The first-order valence-electron chi connectivity index (χ1n) is 8.06. The Kier molecular flexibility index (Phi) is 4.87. The molecule has 1 aromatic carbocycles. The van der Waals surface area contributed by atoms with E-state index in [0.717, 1.165) is 5.56 Å². The fourth-order valence-corrected chi connectivity index (χ4v) is 3.70. The minimum atomic E-state index is -3.83. The quantitative estimate of drug-likeness (QED) is 0.769. The number of hydrogen-bond donors (Lipinski definition) is 0. The molecule has 3 rings (SSSR count). The van der Waals surface area contributed by atoms with Gasteiger partial charge in [-0.05, 0) is 38.1 Å². The number of carbonyl (C=O) groups excluding carboxylic acids is 1. The molecule has 25 heavy (non-hydrogen) atoms. The molecular weight excluding hydrogens is 340 g/mol. The van der Waals surface area contributed by atoms with Gasteiger partial charge in [-0.15, -0.1) is 0 Å². The summed E-state index contributed by atoms with van der Waals surface area (Å²) < 4.78 is 34.3. The maximum Gasteiger partial charge on any atom is 0.282 e. The second kappa shape index (κ2) is 6.93. The van der Waals surface area contributed by atoms with Crippen molar-refractivity contribution >= 4 is 21.5 Å². The molecular formula is C18H20N2O4S. The fourth-order valence-electron chi connectivity index (χ4n) is 2.73. The first kappa shape index (κ1) is 17.6. The molecule has 0 radical (unpaired) electrons. The van der Waals surface area contributed by atoms with E-state index in [4.69, 9.17) is 4.74 Å². The van der Waals surface area contributed by atoms with E-state index in [9.17, 15) is 13.2 Å². The zero-order valence-electron chi connectivity index (χ0n) is 14.2. The van der Waals surface area contributed by atoms with E-state index < -0.39 is 10.0 Å². The van der Waals surface area contributed by atoms with Gasteiger partial charge in [0.2, 0.25) is 5.78 Å². The van der Waals surface area contributed by atoms with Crippen molar-refractivity contribution in [3.8, 4) is 0 Å². The molecule has 6 nitrogen and oxygen atoms in total. The minimum Gasteiger partial charge on any atom is -0.378 e. The van der Waals surface area contributed by atoms with Crippen LogP contribution in [-0.4, -0.2) is 51.1 Å². The third-order valence-electron chi connectivity index (χ3n) is 4.14. The Morgan fingerprint density at radius 2 is 1.68 bits per heavy atom. The third kappa shape index (κ3) is 3.88. The highest BCUT2D eigenvalue weighted by Crippen LogP contribution is 2.20. The van der Waals surface area contributed by atoms with Gasteiger partial charge >= 0.3 is 0 Å². The number of ketones is 1. The van der Waals surface area contributed by atoms with Crippen molar-refractivity contribution in [3.05, 3.63) is 53.3 Å². The normalized spacial score (nSPS) is 20.5. The van der Waals surface area contributed by atoms with E-state index in [1.807, 2.05) is 11.8 Å². The molecule has 7 heteroatoms. The number of nitrogens with zero attached hydrogens (tertiary/aromatic N) is 2. The summed E-state index contributed by atoms with van der Waals surface area (Å²) >= 11 is 0. The lowest BCUT2D eigenvalue weighted by molar-refractivity contribution is -0.114. The van der Waals surface area contributed by atoms with Crippen LogP contribution in [0.1, 0.15) is 12.5 Å². The van der Waals surface area contributed by atoms with Crippen LogP contribution in [0.25, 0.3) is 0 Å². The summed E-state index contributed by atoms with van der Waals surface area (Å²) in [6, 6.07) is 6.53. The van der Waals surface area contributed by atoms with Crippen molar-refractivity contribution < 1.29 is 17.9 Å². The second-order valence-corrected chi connectivity index (χ2v) is 7.69. The van der Waals surface area contributed by atoms with Crippen LogP contribution in [-0.2, 0) is 19.6 Å². The van der Waals surface area contributed by atoms with Crippen molar-refractivity contribution in [1.29, 1.82) is 0 Å². The number of hydrogen-bond acceptors (Lipinski definition) is 5. The summed E-state index contributed by atoms with van der Waals surface area (Å²) in [5.74, 6) is -0.103. The standard InChI is InChI=1S/C18H20N2O4S/c1-13-3-5-16(6-4-13)25(22,23)19-15-11-14(2)18(21)17(12-15)20-7-9-24-10-8-20/h3-6,11-12H,7-10H2,1-2H3/b19-15-. The highest BCUT2D eigenvalue weighted by Gasteiger charge is 2.25. The number of sulfonamides is 1. The molecule has 0 aromatic heterocycles. The first-order valence-corrected chi connectivity index (χ1v) is 9.50. The van der Waals surface area contributed by atoms with Gasteiger partial charge in [-0.25, -0.2) is 0 Å². The number of carbonyl (C=O) groups is 1. The number of rotatable bonds is 3. The molecule has 1 heterocycles. The van der Waals surface area contributed by atoms with Gasteiger partial charge in [-0.1, -0.05) is 17.7 Å². The number of allylic oxidation sites excluding steroid dienone is 3. The molecule has 1 fully saturated rings. The van der Waals surface area contributed by atoms with Gasteiger partial charge in [-0.2, -0.15) is 12.8 Å². The zero-order chi connectivity index (χ0) is 18.0. The molecule has 1 aliphatic carbocycles. The SMILES string of the molecule is CC1=C/C(=N/S(=O)(=O)c2ccc(C)cc2)C=C(N2CCOCC2)C1=O. The predicted octanol–water partition coefficient (Wildman–Crippen LogP) is 1.87. The largest absolute Gasteiger partial charge is 0.378 e. The Bertz CT molecular complexity index is 874. The van der Waals surface area contributed by atoms with Crippen LogP contribution in [0.2, 0.25) is 0 Å². The van der Waals surface area contributed by atoms with Gasteiger partial charge in [0.15, 0.2) is 0 Å². The van der Waals surface area contributed by atoms with Crippen molar-refractivity contribution in [2.24, 2.45) is 4.40 Å². The van der Waals surface area contributed by atoms with Crippen LogP contribution in [0.5, 0.6) is 0 Å². The number of benzene rings is 1. The lowest BCUT2D eigenvalue weighted by Crippen LogP contribution is -2.39. The smallest absolute Gasteiger partial charge is 0.282 e. The topological polar surface area (TPSA) is 76.0 Å². The van der Waals surface area contributed by atoms with Gasteiger partial charge in [0.05, 0.1) is 29.5 Å². The predicted molar refractivity (Wildman–Crippen MR) is 95.0 cm³/mol. The lowest BCUT2D eigenvalue weighted by Gasteiger charge is -2.31. The Morgan fingerprint density at radius 1 is 1.04 bits per heavy atom. The van der Waals surface area contributed by atoms with E-state index >= 15 is 0 Å². The van der Waals surface area contributed by atoms with Crippen LogP contribution in [0.4, 0.5) is 0 Å². The highest BCUT2D eigenvalue weighted by molar-refractivity contribution is 7.90. The molecule has 0 N–H and O–H groups in total. The number of Topliss-reactive ketones (excluding diaryl/α,β-unsaturated/α-hetero) is 1. The van der Waals surface area contributed by atoms with Gasteiger partial charge < -0.3 is 9.64 Å². The zero-order valence-corrected chi connectivity index (χ0v) is 15.0. The van der Waals surface area contributed by atoms with Crippen LogP contribution >= 0.6 is 0 Å². The monoisotopic (exact) mass is 360 g/mol. The molecule has 1 aromatic rings. The minimum absolute atomic E-state index is 0.103. The maximum atomic E-state index is 12.5. The summed E-state index contributed by atoms with van der Waals surface area (Å²) in [6.45, 7) is 5.84. The molecule has 0 saturated carbocycles. The van der Waals surface area contributed by atoms with Gasteiger partial charge in [0.1, 0.15) is 0 Å². The maximum absolute atomic E-state index is 12.5. The second-order valence-electron chi connectivity index (χ2n) is 6.09. The van der Waals surface area contributed by atoms with E-state index in [1.165, 1.54) is 18.2 Å². The molecule has 132 valence electrons. The van der Waals surface area contributed by atoms with Crippen molar-refractivity contribution in [1.82, 2.24) is 4.90 Å². The molecule has 0 atom stereocenters. The Morgan fingerprint density at radius 3 is 2.32 bits per heavy atom. The fraction of sp³-hybridized carbons (Fsp3) is 0.333. The van der Waals surface area contributed by atoms with Gasteiger partial charge in [0.25, 0.3) is 10.0 Å². The average Bonchev–Trinajstić information content (AvgIpc) is 2.59. The Labute approximate surface area is 147 Å². The Balaban J connectivity index is 1.96. The van der Waals surface area contributed by atoms with Crippen molar-refractivity contribution in [3.63, 3.8) is 0 Å². The molecule has 0 spiro atoms. The first-order chi connectivity index (χ1) is 11.9. The van der Waals surface area contributed by atoms with Crippen LogP contribution in [0.3, 0.4) is 0 Å². The summed E-state index contributed by atoms with van der Waals surface area (Å²) in [7, 11) is -3.83. The van der Waals surface area contributed by atoms with Crippen molar-refractivity contribution in [2.75, 3.05) is 26.3 Å². The molecule has 0 unspecified atom stereocenters. The number of ether oxygens (including phenoxy) is 1. The van der Waals surface area contributed by atoms with Gasteiger partial charge in [-0.3, -0.25) is 4.79 Å². The van der Waals surface area contributed by atoms with E-state index in [-0.39, 0.29) is 16.4 Å². The molecule has 0 amide bonds. The molecule has 0 bridgehead atoms. The summed E-state index contributed by atoms with van der Waals surface area (Å²) in [5.41, 5.74) is 2.18. The van der Waals surface area contributed by atoms with E-state index in [0.29, 0.717) is 37.6 Å². The lowest BCUT2D eigenvalue weighted by atomic mass is 10.0. The van der Waals surface area contributed by atoms with E-state index in [1.54, 1.807) is 25.1 Å². The van der Waals surface area contributed by atoms with Gasteiger partial charge in [0, 0.05) is 18.7 Å². The molecule has 2 aliphatic rings.